The van der Waals surface area contributed by atoms with Gasteiger partial charge in [0.1, 0.15) is 17.3 Å². The third-order valence-corrected chi connectivity index (χ3v) is 6.40. The van der Waals surface area contributed by atoms with Crippen LogP contribution in [0.3, 0.4) is 0 Å². The Morgan fingerprint density at radius 3 is 2.89 bits per heavy atom. The van der Waals surface area contributed by atoms with Crippen molar-refractivity contribution in [3.63, 3.8) is 0 Å². The van der Waals surface area contributed by atoms with Crippen LogP contribution in [0, 0.1) is 0 Å². The van der Waals surface area contributed by atoms with Gasteiger partial charge in [-0.3, -0.25) is 9.59 Å². The lowest BCUT2D eigenvalue weighted by Crippen LogP contribution is -2.49. The number of nitrogens with one attached hydrogen (secondary N) is 2. The largest absolute Gasteiger partial charge is 0.495 e. The quantitative estimate of drug-likeness (QED) is 0.774. The van der Waals surface area contributed by atoms with Gasteiger partial charge < -0.3 is 15.4 Å². The highest BCUT2D eigenvalue weighted by atomic mass is 32.1. The van der Waals surface area contributed by atoms with E-state index in [1.807, 2.05) is 11.4 Å². The minimum atomic E-state index is -1.05. The molecule has 1 aromatic carbocycles. The zero-order valence-electron chi connectivity index (χ0n) is 15.7. The van der Waals surface area contributed by atoms with Gasteiger partial charge in [-0.2, -0.15) is 0 Å². The number of anilines is 1. The van der Waals surface area contributed by atoms with Gasteiger partial charge in [-0.15, -0.1) is 11.3 Å². The van der Waals surface area contributed by atoms with E-state index in [1.54, 1.807) is 42.5 Å². The summed E-state index contributed by atoms with van der Waals surface area (Å²) in [5.74, 6) is -0.308. The van der Waals surface area contributed by atoms with Gasteiger partial charge in [0.15, 0.2) is 0 Å². The van der Waals surface area contributed by atoms with Gasteiger partial charge in [-0.05, 0) is 49.8 Å². The molecule has 0 radical (unpaired) electrons. The van der Waals surface area contributed by atoms with Crippen LogP contribution in [0.25, 0.3) is 0 Å². The van der Waals surface area contributed by atoms with Crippen LogP contribution in [0.1, 0.15) is 30.2 Å². The van der Waals surface area contributed by atoms with E-state index >= 15 is 0 Å². The zero-order chi connectivity index (χ0) is 19.9. The SMILES string of the molecule is COc1ccccc1NC(=O)C(C)N1C(=O)NC2(CCCc3sccc32)C1=O. The molecule has 146 valence electrons. The summed E-state index contributed by atoms with van der Waals surface area (Å²) in [4.78, 5) is 41.0. The van der Waals surface area contributed by atoms with Crippen molar-refractivity contribution in [2.24, 2.45) is 0 Å². The molecule has 0 saturated carbocycles. The summed E-state index contributed by atoms with van der Waals surface area (Å²) in [6, 6.07) is 7.40. The Morgan fingerprint density at radius 1 is 1.32 bits per heavy atom. The molecule has 2 heterocycles. The van der Waals surface area contributed by atoms with Crippen LogP contribution >= 0.6 is 11.3 Å². The Kier molecular flexibility index (Phi) is 4.58. The number of benzene rings is 1. The number of hydrogen-bond acceptors (Lipinski definition) is 5. The summed E-state index contributed by atoms with van der Waals surface area (Å²) >= 11 is 1.60. The normalized spacial score (nSPS) is 22.0. The number of hydrogen-bond donors (Lipinski definition) is 2. The predicted molar refractivity (Wildman–Crippen MR) is 105 cm³/mol. The maximum absolute atomic E-state index is 13.3. The van der Waals surface area contributed by atoms with E-state index in [2.05, 4.69) is 10.6 Å². The van der Waals surface area contributed by atoms with Gasteiger partial charge in [0.25, 0.3) is 5.91 Å². The number of carbonyl (C=O) groups is 3. The van der Waals surface area contributed by atoms with Gasteiger partial charge in [-0.1, -0.05) is 12.1 Å². The highest BCUT2D eigenvalue weighted by Gasteiger charge is 2.56. The maximum Gasteiger partial charge on any atom is 0.326 e. The van der Waals surface area contributed by atoms with E-state index in [9.17, 15) is 14.4 Å². The molecule has 2 N–H and O–H groups in total. The van der Waals surface area contributed by atoms with Gasteiger partial charge in [0.05, 0.1) is 12.8 Å². The number of methoxy groups -OCH3 is 1. The first kappa shape index (κ1) is 18.5. The average Bonchev–Trinajstić information content (AvgIpc) is 3.26. The molecule has 1 fully saturated rings. The van der Waals surface area contributed by atoms with Crippen LogP contribution in [-0.4, -0.2) is 35.9 Å². The van der Waals surface area contributed by atoms with E-state index in [-0.39, 0.29) is 5.91 Å². The maximum atomic E-state index is 13.3. The summed E-state index contributed by atoms with van der Waals surface area (Å²) < 4.78 is 5.24. The summed E-state index contributed by atoms with van der Waals surface area (Å²) in [6.45, 7) is 1.55. The highest BCUT2D eigenvalue weighted by Crippen LogP contribution is 2.42. The molecule has 1 saturated heterocycles. The number of urea groups is 1. The smallest absolute Gasteiger partial charge is 0.326 e. The van der Waals surface area contributed by atoms with Gasteiger partial charge in [0, 0.05) is 10.4 Å². The third kappa shape index (κ3) is 2.75. The number of fused-ring (bicyclic) bond motifs is 2. The molecule has 7 nitrogen and oxygen atoms in total. The molecule has 1 aliphatic heterocycles. The molecule has 2 aliphatic rings. The lowest BCUT2D eigenvalue weighted by atomic mass is 9.80. The molecule has 28 heavy (non-hydrogen) atoms. The number of rotatable bonds is 4. The van der Waals surface area contributed by atoms with Crippen molar-refractivity contribution in [3.05, 3.63) is 46.2 Å². The predicted octanol–water partition coefficient (Wildman–Crippen LogP) is 2.87. The Hall–Kier alpha value is -2.87. The molecule has 1 spiro atoms. The van der Waals surface area contributed by atoms with Crippen LogP contribution in [0.15, 0.2) is 35.7 Å². The first-order valence-electron chi connectivity index (χ1n) is 9.14. The number of carbonyl (C=O) groups excluding carboxylic acids is 3. The zero-order valence-corrected chi connectivity index (χ0v) is 16.5. The summed E-state index contributed by atoms with van der Waals surface area (Å²) in [5, 5.41) is 7.56. The number of amides is 4. The molecule has 1 aromatic heterocycles. The van der Waals surface area contributed by atoms with Crippen molar-refractivity contribution < 1.29 is 19.1 Å². The molecule has 2 aromatic rings. The molecule has 1 aliphatic carbocycles. The number of imide groups is 1. The van der Waals surface area contributed by atoms with E-state index < -0.39 is 23.5 Å². The molecular weight excluding hydrogens is 378 g/mol. The van der Waals surface area contributed by atoms with Crippen LogP contribution in [-0.2, 0) is 21.5 Å². The summed E-state index contributed by atoms with van der Waals surface area (Å²) in [7, 11) is 1.51. The molecule has 8 heteroatoms. The monoisotopic (exact) mass is 399 g/mol. The molecule has 2 atom stereocenters. The fraction of sp³-hybridized carbons (Fsp3) is 0.350. The van der Waals surface area contributed by atoms with Crippen molar-refractivity contribution in [1.29, 1.82) is 0 Å². The van der Waals surface area contributed by atoms with Crippen LogP contribution in [0.2, 0.25) is 0 Å². The second-order valence-corrected chi connectivity index (χ2v) is 7.99. The minimum Gasteiger partial charge on any atom is -0.495 e. The Balaban J connectivity index is 1.59. The molecule has 4 rings (SSSR count). The fourth-order valence-corrected chi connectivity index (χ4v) is 4.96. The second-order valence-electron chi connectivity index (χ2n) is 6.99. The lowest BCUT2D eigenvalue weighted by Gasteiger charge is -2.31. The number of nitrogens with zero attached hydrogens (tertiary/aromatic N) is 1. The van der Waals surface area contributed by atoms with Crippen molar-refractivity contribution in [2.75, 3.05) is 12.4 Å². The molecular formula is C20H21N3O4S. The number of aryl methyl sites for hydroxylation is 1. The Morgan fingerprint density at radius 2 is 2.11 bits per heavy atom. The van der Waals surface area contributed by atoms with Gasteiger partial charge in [-0.25, -0.2) is 9.69 Å². The third-order valence-electron chi connectivity index (χ3n) is 5.42. The van der Waals surface area contributed by atoms with E-state index in [0.717, 1.165) is 28.2 Å². The Labute approximate surface area is 166 Å². The Bertz CT molecular complexity index is 956. The lowest BCUT2D eigenvalue weighted by molar-refractivity contribution is -0.137. The standard InChI is InChI=1S/C20H21N3O4S/c1-12(17(24)21-14-6-3-4-7-15(14)27-2)23-18(25)20(22-19(23)26)10-5-8-16-13(20)9-11-28-16/h3-4,6-7,9,11-12H,5,8,10H2,1-2H3,(H,21,24)(H,22,26). The number of para-hydroxylation sites is 2. The van der Waals surface area contributed by atoms with Crippen LogP contribution < -0.4 is 15.4 Å². The van der Waals surface area contributed by atoms with E-state index in [4.69, 9.17) is 4.74 Å². The first-order valence-corrected chi connectivity index (χ1v) is 10.0. The topological polar surface area (TPSA) is 87.7 Å². The molecule has 2 unspecified atom stereocenters. The van der Waals surface area contributed by atoms with Gasteiger partial charge in [0.2, 0.25) is 5.91 Å². The van der Waals surface area contributed by atoms with Crippen LogP contribution in [0.4, 0.5) is 10.5 Å². The summed E-state index contributed by atoms with van der Waals surface area (Å²) in [6.07, 6.45) is 2.26. The first-order chi connectivity index (χ1) is 13.5. The minimum absolute atomic E-state index is 0.362. The van der Waals surface area contributed by atoms with Crippen molar-refractivity contribution >= 4 is 34.9 Å². The van der Waals surface area contributed by atoms with Crippen molar-refractivity contribution in [3.8, 4) is 5.75 Å². The summed E-state index contributed by atoms with van der Waals surface area (Å²) in [5.41, 5.74) is 0.298. The fourth-order valence-electron chi connectivity index (χ4n) is 3.96. The second kappa shape index (κ2) is 6.94. The molecule has 0 bridgehead atoms. The highest BCUT2D eigenvalue weighted by molar-refractivity contribution is 7.10. The average molecular weight is 399 g/mol. The molecule has 4 amide bonds. The van der Waals surface area contributed by atoms with Crippen molar-refractivity contribution in [1.82, 2.24) is 10.2 Å². The van der Waals surface area contributed by atoms with Gasteiger partial charge >= 0.3 is 6.03 Å². The van der Waals surface area contributed by atoms with E-state index in [1.165, 1.54) is 7.11 Å². The van der Waals surface area contributed by atoms with Crippen LogP contribution in [0.5, 0.6) is 5.75 Å². The van der Waals surface area contributed by atoms with Crippen molar-refractivity contribution in [2.45, 2.75) is 37.8 Å². The number of ether oxygens (including phenoxy) is 1. The van der Waals surface area contributed by atoms with E-state index in [0.29, 0.717) is 17.9 Å². The number of thiophene rings is 1.